The van der Waals surface area contributed by atoms with E-state index in [2.05, 4.69) is 15.3 Å². The van der Waals surface area contributed by atoms with Gasteiger partial charge in [-0.1, -0.05) is 6.07 Å². The molecule has 1 N–H and O–H groups in total. The minimum Gasteiger partial charge on any atom is -0.381 e. The lowest BCUT2D eigenvalue weighted by Gasteiger charge is -2.22. The average Bonchev–Trinajstić information content (AvgIpc) is 2.55. The molecule has 6 heteroatoms. The van der Waals surface area contributed by atoms with Gasteiger partial charge in [0.2, 0.25) is 0 Å². The lowest BCUT2D eigenvalue weighted by molar-refractivity contribution is 0.0844. The molecule has 0 atom stereocenters. The van der Waals surface area contributed by atoms with Gasteiger partial charge < -0.3 is 10.1 Å². The van der Waals surface area contributed by atoms with Crippen LogP contribution in [0.2, 0.25) is 0 Å². The number of nitrogens with zero attached hydrogens (tertiary/aromatic N) is 2. The van der Waals surface area contributed by atoms with Crippen LogP contribution in [0.1, 0.15) is 35.8 Å². The first-order valence-electron chi connectivity index (χ1n) is 7.73. The van der Waals surface area contributed by atoms with Crippen molar-refractivity contribution in [2.75, 3.05) is 18.5 Å². The van der Waals surface area contributed by atoms with Gasteiger partial charge in [-0.25, -0.2) is 18.7 Å². The molecule has 122 valence electrons. The molecule has 1 aliphatic heterocycles. The third kappa shape index (κ3) is 3.82. The van der Waals surface area contributed by atoms with Crippen LogP contribution in [0.4, 0.5) is 14.6 Å². The van der Waals surface area contributed by atoms with Crippen LogP contribution in [-0.4, -0.2) is 23.2 Å². The van der Waals surface area contributed by atoms with Gasteiger partial charge in [0.05, 0.1) is 0 Å². The molecule has 1 saturated heterocycles. The Morgan fingerprint density at radius 1 is 1.17 bits per heavy atom. The van der Waals surface area contributed by atoms with Gasteiger partial charge >= 0.3 is 0 Å². The molecule has 2 aromatic rings. The van der Waals surface area contributed by atoms with Crippen molar-refractivity contribution in [3.05, 3.63) is 53.0 Å². The molecular weight excluding hydrogens is 300 g/mol. The third-order valence-corrected chi connectivity index (χ3v) is 4.01. The van der Waals surface area contributed by atoms with Gasteiger partial charge in [-0.05, 0) is 31.9 Å². The number of ether oxygens (including phenoxy) is 1. The molecule has 0 radical (unpaired) electrons. The second kappa shape index (κ2) is 7.00. The summed E-state index contributed by atoms with van der Waals surface area (Å²) in [5, 5.41) is 3.00. The van der Waals surface area contributed by atoms with E-state index in [4.69, 9.17) is 4.74 Å². The smallest absolute Gasteiger partial charge is 0.131 e. The average molecular weight is 319 g/mol. The zero-order chi connectivity index (χ0) is 16.2. The van der Waals surface area contributed by atoms with Crippen LogP contribution >= 0.6 is 0 Å². The predicted molar refractivity (Wildman–Crippen MR) is 83.2 cm³/mol. The van der Waals surface area contributed by atoms with E-state index in [-0.39, 0.29) is 12.1 Å². The molecule has 1 aromatic carbocycles. The van der Waals surface area contributed by atoms with Crippen LogP contribution in [0, 0.1) is 18.6 Å². The van der Waals surface area contributed by atoms with Crippen molar-refractivity contribution in [2.24, 2.45) is 0 Å². The number of halogens is 2. The standard InChI is InChI=1S/C17H19F2N3O/c1-11-21-16(12-5-7-23-8-6-12)9-17(22-11)20-10-13-14(18)3-2-4-15(13)19/h2-4,9,12H,5-8,10H2,1H3,(H,20,21,22). The summed E-state index contributed by atoms with van der Waals surface area (Å²) in [5.74, 6) is 0.448. The Bertz CT molecular complexity index is 667. The van der Waals surface area contributed by atoms with Crippen LogP contribution in [0.15, 0.2) is 24.3 Å². The zero-order valence-corrected chi connectivity index (χ0v) is 13.0. The highest BCUT2D eigenvalue weighted by atomic mass is 19.1. The summed E-state index contributed by atoms with van der Waals surface area (Å²) >= 11 is 0. The van der Waals surface area contributed by atoms with Crippen molar-refractivity contribution in [3.63, 3.8) is 0 Å². The summed E-state index contributed by atoms with van der Waals surface area (Å²) in [4.78, 5) is 8.80. The minimum absolute atomic E-state index is 0.0105. The highest BCUT2D eigenvalue weighted by Crippen LogP contribution is 2.27. The van der Waals surface area contributed by atoms with E-state index in [1.54, 1.807) is 0 Å². The van der Waals surface area contributed by atoms with Gasteiger partial charge in [-0.2, -0.15) is 0 Å². The monoisotopic (exact) mass is 319 g/mol. The Morgan fingerprint density at radius 2 is 1.87 bits per heavy atom. The lowest BCUT2D eigenvalue weighted by atomic mass is 9.96. The fourth-order valence-corrected chi connectivity index (χ4v) is 2.76. The molecule has 0 spiro atoms. The summed E-state index contributed by atoms with van der Waals surface area (Å²) in [7, 11) is 0. The maximum atomic E-state index is 13.7. The van der Waals surface area contributed by atoms with Gasteiger partial charge in [0.1, 0.15) is 23.3 Å². The summed E-state index contributed by atoms with van der Waals surface area (Å²) in [6.07, 6.45) is 1.86. The van der Waals surface area contributed by atoms with E-state index in [1.165, 1.54) is 18.2 Å². The molecule has 0 amide bonds. The summed E-state index contributed by atoms with van der Waals surface area (Å²) < 4.78 is 32.7. The second-order valence-corrected chi connectivity index (χ2v) is 5.67. The van der Waals surface area contributed by atoms with E-state index in [0.717, 1.165) is 31.7 Å². The van der Waals surface area contributed by atoms with Crippen LogP contribution in [0.3, 0.4) is 0 Å². The molecule has 4 nitrogen and oxygen atoms in total. The zero-order valence-electron chi connectivity index (χ0n) is 13.0. The Balaban J connectivity index is 1.76. The molecule has 2 heterocycles. The van der Waals surface area contributed by atoms with Gasteiger partial charge in [0.25, 0.3) is 0 Å². The van der Waals surface area contributed by atoms with Crippen molar-refractivity contribution in [1.82, 2.24) is 9.97 Å². The van der Waals surface area contributed by atoms with Crippen LogP contribution in [-0.2, 0) is 11.3 Å². The number of hydrogen-bond donors (Lipinski definition) is 1. The molecule has 1 fully saturated rings. The Labute approximate surface area is 133 Å². The topological polar surface area (TPSA) is 47.0 Å². The summed E-state index contributed by atoms with van der Waals surface area (Å²) in [5.41, 5.74) is 0.966. The molecule has 0 saturated carbocycles. The molecule has 0 bridgehead atoms. The Morgan fingerprint density at radius 3 is 2.57 bits per heavy atom. The Hall–Kier alpha value is -2.08. The van der Waals surface area contributed by atoms with Crippen molar-refractivity contribution in [2.45, 2.75) is 32.2 Å². The predicted octanol–water partition coefficient (Wildman–Crippen LogP) is 3.57. The van der Waals surface area contributed by atoms with Crippen LogP contribution < -0.4 is 5.32 Å². The van der Waals surface area contributed by atoms with Crippen LogP contribution in [0.5, 0.6) is 0 Å². The van der Waals surface area contributed by atoms with E-state index in [9.17, 15) is 8.78 Å². The quantitative estimate of drug-likeness (QED) is 0.936. The fraction of sp³-hybridized carbons (Fsp3) is 0.412. The third-order valence-electron chi connectivity index (χ3n) is 4.01. The fourth-order valence-electron chi connectivity index (χ4n) is 2.76. The molecule has 23 heavy (non-hydrogen) atoms. The highest BCUT2D eigenvalue weighted by molar-refractivity contribution is 5.38. The molecule has 3 rings (SSSR count). The molecular formula is C17H19F2N3O. The number of nitrogens with one attached hydrogen (secondary N) is 1. The second-order valence-electron chi connectivity index (χ2n) is 5.67. The number of hydrogen-bond acceptors (Lipinski definition) is 4. The maximum absolute atomic E-state index is 13.7. The van der Waals surface area contributed by atoms with Crippen molar-refractivity contribution in [1.29, 1.82) is 0 Å². The Kier molecular flexibility index (Phi) is 4.81. The van der Waals surface area contributed by atoms with E-state index >= 15 is 0 Å². The molecule has 1 aliphatic rings. The first-order valence-corrected chi connectivity index (χ1v) is 7.73. The summed E-state index contributed by atoms with van der Waals surface area (Å²) in [6, 6.07) is 5.71. The summed E-state index contributed by atoms with van der Waals surface area (Å²) in [6.45, 7) is 3.33. The van der Waals surface area contributed by atoms with Gasteiger partial charge in [-0.15, -0.1) is 0 Å². The molecule has 0 aliphatic carbocycles. The van der Waals surface area contributed by atoms with Crippen LogP contribution in [0.25, 0.3) is 0 Å². The molecule has 0 unspecified atom stereocenters. The number of anilines is 1. The largest absolute Gasteiger partial charge is 0.381 e. The number of aryl methyl sites for hydroxylation is 1. The van der Waals surface area contributed by atoms with E-state index < -0.39 is 11.6 Å². The van der Waals surface area contributed by atoms with E-state index in [1.807, 2.05) is 13.0 Å². The first kappa shape index (κ1) is 15.8. The number of aromatic nitrogens is 2. The molecule has 1 aromatic heterocycles. The number of benzene rings is 1. The minimum atomic E-state index is -0.562. The maximum Gasteiger partial charge on any atom is 0.131 e. The van der Waals surface area contributed by atoms with E-state index in [0.29, 0.717) is 17.6 Å². The van der Waals surface area contributed by atoms with Crippen molar-refractivity contribution < 1.29 is 13.5 Å². The van der Waals surface area contributed by atoms with Crippen molar-refractivity contribution >= 4 is 5.82 Å². The lowest BCUT2D eigenvalue weighted by Crippen LogP contribution is -2.16. The van der Waals surface area contributed by atoms with Gasteiger partial charge in [-0.3, -0.25) is 0 Å². The van der Waals surface area contributed by atoms with Gasteiger partial charge in [0.15, 0.2) is 0 Å². The number of rotatable bonds is 4. The SMILES string of the molecule is Cc1nc(NCc2c(F)cccc2F)cc(C2CCOCC2)n1. The van der Waals surface area contributed by atoms with Crippen molar-refractivity contribution in [3.8, 4) is 0 Å². The first-order chi connectivity index (χ1) is 11.1. The van der Waals surface area contributed by atoms with Gasteiger partial charge in [0, 0.05) is 43.0 Å². The highest BCUT2D eigenvalue weighted by Gasteiger charge is 2.18. The normalized spacial score (nSPS) is 15.6.